The van der Waals surface area contributed by atoms with Gasteiger partial charge in [0.05, 0.1) is 0 Å². The Kier molecular flexibility index (Phi) is 5.50. The Morgan fingerprint density at radius 3 is 1.00 bits per heavy atom. The van der Waals surface area contributed by atoms with Gasteiger partial charge in [-0.1, -0.05) is 0 Å². The van der Waals surface area contributed by atoms with Gasteiger partial charge >= 0.3 is 143 Å². The minimum absolute atomic E-state index is 0.638. The summed E-state index contributed by atoms with van der Waals surface area (Å²) in [5.74, 6) is 0. The molecular weight excluding hydrogens is 390 g/mol. The summed E-state index contributed by atoms with van der Waals surface area (Å²) in [5, 5.41) is 0. The van der Waals surface area contributed by atoms with Gasteiger partial charge in [-0.3, -0.25) is 0 Å². The van der Waals surface area contributed by atoms with E-state index in [9.17, 15) is 0 Å². The predicted molar refractivity (Wildman–Crippen MR) is 97.3 cm³/mol. The quantitative estimate of drug-likeness (QED) is 0.487. The summed E-state index contributed by atoms with van der Waals surface area (Å²) >= 11 is -3.83. The van der Waals surface area contributed by atoms with E-state index in [0.717, 1.165) is 16.7 Å². The molecule has 0 spiro atoms. The minimum atomic E-state index is -3.83. The van der Waals surface area contributed by atoms with E-state index in [1.54, 1.807) is 0 Å². The Bertz CT molecular complexity index is 609. The van der Waals surface area contributed by atoms with Crippen LogP contribution >= 0.6 is 0 Å². The molecule has 3 aromatic carbocycles. The molecule has 0 atom stereocenters. The maximum atomic E-state index is 16.1. The van der Waals surface area contributed by atoms with E-state index < -0.39 is 18.9 Å². The maximum absolute atomic E-state index is 16.1. The van der Waals surface area contributed by atoms with E-state index in [4.69, 9.17) is 0 Å². The first-order chi connectivity index (χ1) is 11.2. The third-order valence-electron chi connectivity index (χ3n) is 4.09. The first-order valence-electron chi connectivity index (χ1n) is 8.04. The zero-order valence-corrected chi connectivity index (χ0v) is 16.0. The Morgan fingerprint density at radius 1 is 0.478 bits per heavy atom. The van der Waals surface area contributed by atoms with Gasteiger partial charge in [-0.05, 0) is 0 Å². The molecule has 0 bridgehead atoms. The van der Waals surface area contributed by atoms with E-state index in [2.05, 4.69) is 36.4 Å². The van der Waals surface area contributed by atoms with Crippen LogP contribution in [-0.2, 0) is 13.3 Å². The molecule has 0 aliphatic carbocycles. The second-order valence-electron chi connectivity index (χ2n) is 6.14. The third kappa shape index (κ3) is 4.93. The van der Waals surface area contributed by atoms with Gasteiger partial charge in [0, 0.05) is 0 Å². The Morgan fingerprint density at radius 2 is 0.739 bits per heavy atom. The van der Waals surface area contributed by atoms with Gasteiger partial charge in [-0.25, -0.2) is 0 Å². The van der Waals surface area contributed by atoms with Crippen LogP contribution in [0.15, 0.2) is 91.0 Å². The van der Waals surface area contributed by atoms with Gasteiger partial charge in [-0.15, -0.1) is 0 Å². The van der Waals surface area contributed by atoms with Crippen molar-refractivity contribution in [3.05, 3.63) is 108 Å². The molecule has 0 aromatic heterocycles. The van der Waals surface area contributed by atoms with E-state index in [1.807, 2.05) is 54.6 Å². The Hall–Kier alpha value is -1.61. The molecule has 0 radical (unpaired) electrons. The molecule has 0 unspecified atom stereocenters. The number of benzene rings is 3. The average Bonchev–Trinajstić information content (AvgIpc) is 2.57. The molecule has 0 N–H and O–H groups in total. The monoisotopic (exact) mass is 412 g/mol. The summed E-state index contributed by atoms with van der Waals surface area (Å²) in [6.45, 7) is 0. The molecule has 0 saturated carbocycles. The van der Waals surface area contributed by atoms with Gasteiger partial charge in [0.2, 0.25) is 0 Å². The van der Waals surface area contributed by atoms with Crippen molar-refractivity contribution in [2.24, 2.45) is 0 Å². The van der Waals surface area contributed by atoms with Gasteiger partial charge in [0.25, 0.3) is 0 Å². The topological polar surface area (TPSA) is 0 Å². The average molecular weight is 411 g/mol. The van der Waals surface area contributed by atoms with Crippen LogP contribution in [0.3, 0.4) is 0 Å². The second kappa shape index (κ2) is 7.78. The van der Waals surface area contributed by atoms with Crippen molar-refractivity contribution in [2.75, 3.05) is 0 Å². The summed E-state index contributed by atoms with van der Waals surface area (Å²) in [4.78, 5) is 0. The molecule has 0 aliphatic rings. The van der Waals surface area contributed by atoms with Gasteiger partial charge in [0.15, 0.2) is 0 Å². The molecule has 2 heteroatoms. The fraction of sp³-hybridized carbons (Fsp3) is 0.143. The summed E-state index contributed by atoms with van der Waals surface area (Å²) < 4.78 is 18.0. The SMILES string of the molecule is [F][Sn]([CH2]c1ccccc1)([CH2]c1ccccc1)[CH2]c1ccccc1. The molecule has 116 valence electrons. The molecule has 0 aliphatic heterocycles. The molecular formula is C21H21FSn. The van der Waals surface area contributed by atoms with Crippen LogP contribution in [-0.4, -0.2) is 18.9 Å². The zero-order valence-electron chi connectivity index (χ0n) is 13.2. The molecule has 0 fully saturated rings. The van der Waals surface area contributed by atoms with E-state index in [-0.39, 0.29) is 0 Å². The summed E-state index contributed by atoms with van der Waals surface area (Å²) in [7, 11) is 0. The van der Waals surface area contributed by atoms with Crippen LogP contribution in [0.2, 0.25) is 0 Å². The van der Waals surface area contributed by atoms with Crippen molar-refractivity contribution in [2.45, 2.75) is 13.3 Å². The molecule has 0 heterocycles. The molecule has 0 amide bonds. The van der Waals surface area contributed by atoms with Gasteiger partial charge in [0.1, 0.15) is 0 Å². The van der Waals surface area contributed by atoms with Crippen molar-refractivity contribution >= 4 is 18.9 Å². The summed E-state index contributed by atoms with van der Waals surface area (Å²) in [6.07, 6.45) is 0. The third-order valence-corrected chi connectivity index (χ3v) is 13.0. The Labute approximate surface area is 142 Å². The standard InChI is InChI=1S/3C7H7.FH.Sn/c3*1-7-5-3-2-4-6-7;;/h3*2-6H,1H2;1H;/q;;;;+1/p-1. The van der Waals surface area contributed by atoms with Crippen molar-refractivity contribution in [3.8, 4) is 0 Å². The van der Waals surface area contributed by atoms with E-state index >= 15 is 2.87 Å². The van der Waals surface area contributed by atoms with Crippen LogP contribution in [0.1, 0.15) is 16.7 Å². The first-order valence-corrected chi connectivity index (χ1v) is 15.2. The molecule has 3 rings (SSSR count). The van der Waals surface area contributed by atoms with Crippen LogP contribution in [0, 0.1) is 0 Å². The summed E-state index contributed by atoms with van der Waals surface area (Å²) in [6, 6.07) is 30.4. The molecule has 0 saturated heterocycles. The van der Waals surface area contributed by atoms with Crippen LogP contribution < -0.4 is 0 Å². The van der Waals surface area contributed by atoms with Crippen molar-refractivity contribution in [1.82, 2.24) is 0 Å². The predicted octanol–water partition coefficient (Wildman–Crippen LogP) is 5.25. The van der Waals surface area contributed by atoms with Gasteiger partial charge in [-0.2, -0.15) is 0 Å². The van der Waals surface area contributed by atoms with Crippen LogP contribution in [0.5, 0.6) is 0 Å². The van der Waals surface area contributed by atoms with Crippen LogP contribution in [0.25, 0.3) is 0 Å². The van der Waals surface area contributed by atoms with E-state index in [0.29, 0.717) is 13.3 Å². The zero-order chi connectivity index (χ0) is 16.0. The molecule has 0 nitrogen and oxygen atoms in total. The Balaban J connectivity index is 1.85. The fourth-order valence-corrected chi connectivity index (χ4v) is 12.4. The second-order valence-corrected chi connectivity index (χ2v) is 15.7. The van der Waals surface area contributed by atoms with Crippen molar-refractivity contribution < 1.29 is 2.87 Å². The summed E-state index contributed by atoms with van der Waals surface area (Å²) in [5.41, 5.74) is 3.41. The number of hydrogen-bond acceptors (Lipinski definition) is 0. The normalized spacial score (nSPS) is 11.3. The number of halogens is 1. The molecule has 3 aromatic rings. The van der Waals surface area contributed by atoms with Crippen LogP contribution in [0.4, 0.5) is 2.87 Å². The number of hydrogen-bond donors (Lipinski definition) is 0. The van der Waals surface area contributed by atoms with E-state index in [1.165, 1.54) is 0 Å². The first kappa shape index (κ1) is 16.3. The van der Waals surface area contributed by atoms with Crippen molar-refractivity contribution in [1.29, 1.82) is 0 Å². The molecule has 23 heavy (non-hydrogen) atoms. The fourth-order valence-electron chi connectivity index (χ4n) is 3.07. The number of rotatable bonds is 6. The van der Waals surface area contributed by atoms with Crippen molar-refractivity contribution in [3.63, 3.8) is 0 Å². The van der Waals surface area contributed by atoms with Gasteiger partial charge < -0.3 is 0 Å².